The van der Waals surface area contributed by atoms with Crippen molar-refractivity contribution in [3.05, 3.63) is 23.8 Å². The van der Waals surface area contributed by atoms with Crippen LogP contribution in [0.2, 0.25) is 0 Å². The first-order valence-electron chi connectivity index (χ1n) is 10.5. The number of benzene rings is 1. The van der Waals surface area contributed by atoms with Crippen molar-refractivity contribution >= 4 is 35.1 Å². The van der Waals surface area contributed by atoms with Crippen molar-refractivity contribution < 1.29 is 42.6 Å². The summed E-state index contributed by atoms with van der Waals surface area (Å²) in [6.45, 7) is 1.62. The van der Waals surface area contributed by atoms with Crippen molar-refractivity contribution in [2.24, 2.45) is 0 Å². The van der Waals surface area contributed by atoms with E-state index in [1.54, 1.807) is 0 Å². The Kier molecular flexibility index (Phi) is 7.79. The van der Waals surface area contributed by atoms with Gasteiger partial charge in [0.05, 0.1) is 31.8 Å². The lowest BCUT2D eigenvalue weighted by atomic mass is 10.1. The Bertz CT molecular complexity index is 919. The maximum Gasteiger partial charge on any atom is 0.414 e. The minimum absolute atomic E-state index is 0.000576. The predicted octanol–water partition coefficient (Wildman–Crippen LogP) is 2.10. The summed E-state index contributed by atoms with van der Waals surface area (Å²) in [4.78, 5) is 53.8. The third kappa shape index (κ3) is 6.15. The first-order chi connectivity index (χ1) is 15.7. The molecule has 2 saturated heterocycles. The number of amides is 2. The Hall–Kier alpha value is -3.28. The number of rotatable bonds is 8. The maximum atomic E-state index is 14.9. The van der Waals surface area contributed by atoms with Crippen LogP contribution in [-0.4, -0.2) is 72.8 Å². The topological polar surface area (TPSA) is 117 Å². The molecule has 2 amide bonds. The van der Waals surface area contributed by atoms with E-state index in [0.717, 1.165) is 22.1 Å². The third-order valence-corrected chi connectivity index (χ3v) is 5.33. The van der Waals surface area contributed by atoms with Crippen LogP contribution in [0.4, 0.5) is 25.0 Å². The van der Waals surface area contributed by atoms with Crippen LogP contribution >= 0.6 is 0 Å². The van der Waals surface area contributed by atoms with E-state index in [1.807, 2.05) is 0 Å². The molecular weight excluding hydrogens is 444 g/mol. The molecule has 0 unspecified atom stereocenters. The quantitative estimate of drug-likeness (QED) is 0.615. The first-order valence-corrected chi connectivity index (χ1v) is 10.5. The molecule has 2 aliphatic heterocycles. The SMILES string of the molecule is CC(=O)CC[C@H]1CN(c2cc(F)c(N3CCON(C(=O)CCC(=O)O)CC3)c(F)c2)C(=O)O1. The number of anilines is 2. The molecule has 0 bridgehead atoms. The van der Waals surface area contributed by atoms with E-state index in [9.17, 15) is 28.0 Å². The molecule has 0 aromatic heterocycles. The van der Waals surface area contributed by atoms with Gasteiger partial charge in [-0.05, 0) is 13.3 Å². The number of carbonyl (C=O) groups excluding carboxylic acids is 3. The van der Waals surface area contributed by atoms with Gasteiger partial charge in [-0.25, -0.2) is 18.6 Å². The Balaban J connectivity index is 1.68. The Morgan fingerprint density at radius 3 is 2.42 bits per heavy atom. The fourth-order valence-corrected chi connectivity index (χ4v) is 3.66. The van der Waals surface area contributed by atoms with E-state index in [-0.39, 0.29) is 69.2 Å². The van der Waals surface area contributed by atoms with Crippen molar-refractivity contribution in [3.8, 4) is 0 Å². The van der Waals surface area contributed by atoms with Crippen LogP contribution in [0.5, 0.6) is 0 Å². The minimum atomic E-state index is -1.11. The van der Waals surface area contributed by atoms with Gasteiger partial charge in [-0.15, -0.1) is 0 Å². The summed E-state index contributed by atoms with van der Waals surface area (Å²) >= 11 is 0. The highest BCUT2D eigenvalue weighted by Crippen LogP contribution is 2.32. The maximum absolute atomic E-state index is 14.9. The molecule has 0 saturated carbocycles. The zero-order valence-electron chi connectivity index (χ0n) is 18.1. The highest BCUT2D eigenvalue weighted by molar-refractivity contribution is 5.90. The lowest BCUT2D eigenvalue weighted by molar-refractivity contribution is -0.182. The second-order valence-corrected chi connectivity index (χ2v) is 7.82. The number of hydrogen-bond donors (Lipinski definition) is 1. The number of Topliss-reactive ketones (excluding diaryl/α,β-unsaturated/α-hetero) is 1. The molecule has 180 valence electrons. The van der Waals surface area contributed by atoms with Gasteiger partial charge in [-0.2, -0.15) is 0 Å². The molecule has 12 heteroatoms. The third-order valence-electron chi connectivity index (χ3n) is 5.33. The van der Waals surface area contributed by atoms with Gasteiger partial charge in [0.1, 0.15) is 17.6 Å². The number of carboxylic acid groups (broad SMARTS) is 1. The van der Waals surface area contributed by atoms with Gasteiger partial charge in [0, 0.05) is 38.1 Å². The molecule has 0 spiro atoms. The first kappa shape index (κ1) is 24.4. The van der Waals surface area contributed by atoms with Crippen molar-refractivity contribution in [2.75, 3.05) is 42.6 Å². The van der Waals surface area contributed by atoms with Crippen LogP contribution < -0.4 is 9.80 Å². The standard InChI is InChI=1S/C21H25F2N3O7/c1-13(27)2-3-15-12-25(21(31)33-15)14-10-16(22)20(17(23)11-14)24-6-7-26(32-9-8-24)18(28)4-5-19(29)30/h10-11,15H,2-9,12H2,1H3,(H,29,30)/t15-/m0/s1. The molecule has 2 heterocycles. The van der Waals surface area contributed by atoms with E-state index in [1.165, 1.54) is 11.8 Å². The predicted molar refractivity (Wildman–Crippen MR) is 111 cm³/mol. The number of nitrogens with zero attached hydrogens (tertiary/aromatic N) is 3. The van der Waals surface area contributed by atoms with Crippen LogP contribution in [-0.2, 0) is 24.0 Å². The van der Waals surface area contributed by atoms with Crippen LogP contribution in [0, 0.1) is 11.6 Å². The molecule has 0 radical (unpaired) electrons. The lowest BCUT2D eigenvalue weighted by Gasteiger charge is -2.24. The van der Waals surface area contributed by atoms with E-state index in [2.05, 4.69) is 0 Å². The average Bonchev–Trinajstić information content (AvgIpc) is 2.95. The average molecular weight is 469 g/mol. The summed E-state index contributed by atoms with van der Waals surface area (Å²) in [5, 5.41) is 9.71. The summed E-state index contributed by atoms with van der Waals surface area (Å²) in [6.07, 6.45) is -1.31. The van der Waals surface area contributed by atoms with Crippen LogP contribution in [0.3, 0.4) is 0 Å². The molecule has 1 N–H and O–H groups in total. The molecule has 0 aliphatic carbocycles. The Labute approximate surface area is 188 Å². The van der Waals surface area contributed by atoms with Crippen LogP contribution in [0.15, 0.2) is 12.1 Å². The number of ether oxygens (including phenoxy) is 1. The van der Waals surface area contributed by atoms with Crippen molar-refractivity contribution in [3.63, 3.8) is 0 Å². The van der Waals surface area contributed by atoms with Gasteiger partial charge in [-0.1, -0.05) is 0 Å². The molecule has 1 atom stereocenters. The Morgan fingerprint density at radius 2 is 1.79 bits per heavy atom. The van der Waals surface area contributed by atoms with Crippen LogP contribution in [0.25, 0.3) is 0 Å². The summed E-state index contributed by atoms with van der Waals surface area (Å²) in [5.74, 6) is -3.47. The van der Waals surface area contributed by atoms with Gasteiger partial charge in [-0.3, -0.25) is 19.3 Å². The normalized spacial score (nSPS) is 18.8. The smallest absolute Gasteiger partial charge is 0.414 e. The zero-order valence-corrected chi connectivity index (χ0v) is 18.1. The molecule has 3 rings (SSSR count). The van der Waals surface area contributed by atoms with Gasteiger partial charge < -0.3 is 19.5 Å². The Morgan fingerprint density at radius 1 is 1.09 bits per heavy atom. The second kappa shape index (κ2) is 10.6. The molecule has 2 aliphatic rings. The summed E-state index contributed by atoms with van der Waals surface area (Å²) in [7, 11) is 0. The summed E-state index contributed by atoms with van der Waals surface area (Å²) in [5.41, 5.74) is -0.316. The number of ketones is 1. The van der Waals surface area contributed by atoms with Crippen LogP contribution in [0.1, 0.15) is 32.6 Å². The van der Waals surface area contributed by atoms with Gasteiger partial charge in [0.25, 0.3) is 0 Å². The highest BCUT2D eigenvalue weighted by atomic mass is 19.1. The fraction of sp³-hybridized carbons (Fsp3) is 0.524. The van der Waals surface area contributed by atoms with Gasteiger partial charge in [0.2, 0.25) is 5.91 Å². The number of hydrogen-bond acceptors (Lipinski definition) is 7. The molecule has 2 fully saturated rings. The fourth-order valence-electron chi connectivity index (χ4n) is 3.66. The van der Waals surface area contributed by atoms with Gasteiger partial charge >= 0.3 is 12.1 Å². The summed E-state index contributed by atoms with van der Waals surface area (Å²) < 4.78 is 35.0. The van der Waals surface area contributed by atoms with E-state index in [0.29, 0.717) is 6.42 Å². The number of cyclic esters (lactones) is 1. The van der Waals surface area contributed by atoms with E-state index < -0.39 is 35.7 Å². The monoisotopic (exact) mass is 469 g/mol. The van der Waals surface area contributed by atoms with Crippen molar-refractivity contribution in [2.45, 2.75) is 38.7 Å². The van der Waals surface area contributed by atoms with E-state index in [4.69, 9.17) is 14.7 Å². The van der Waals surface area contributed by atoms with E-state index >= 15 is 0 Å². The minimum Gasteiger partial charge on any atom is -0.481 e. The molecule has 10 nitrogen and oxygen atoms in total. The molecule has 33 heavy (non-hydrogen) atoms. The second-order valence-electron chi connectivity index (χ2n) is 7.82. The number of halogens is 2. The summed E-state index contributed by atoms with van der Waals surface area (Å²) in [6, 6.07) is 2.07. The molecular formula is C21H25F2N3O7. The number of aliphatic carboxylic acids is 1. The molecule has 1 aromatic rings. The van der Waals surface area contributed by atoms with Crippen molar-refractivity contribution in [1.29, 1.82) is 0 Å². The zero-order chi connectivity index (χ0) is 24.1. The lowest BCUT2D eigenvalue weighted by Crippen LogP contribution is -2.35. The number of hydroxylamine groups is 2. The molecule has 1 aromatic carbocycles. The highest BCUT2D eigenvalue weighted by Gasteiger charge is 2.34. The number of carbonyl (C=O) groups is 4. The largest absolute Gasteiger partial charge is 0.481 e. The van der Waals surface area contributed by atoms with Gasteiger partial charge in [0.15, 0.2) is 11.6 Å². The van der Waals surface area contributed by atoms with Crippen molar-refractivity contribution in [1.82, 2.24) is 5.06 Å². The number of carboxylic acids is 1.